The highest BCUT2D eigenvalue weighted by Gasteiger charge is 2.78. The summed E-state index contributed by atoms with van der Waals surface area (Å²) in [6.45, 7) is 11.1. The minimum atomic E-state index is -1.67. The molecular formula is C22H30O6. The summed E-state index contributed by atoms with van der Waals surface area (Å²) in [5.74, 6) is -2.90. The Kier molecular flexibility index (Phi) is 4.07. The van der Waals surface area contributed by atoms with Gasteiger partial charge in [-0.05, 0) is 42.6 Å². The van der Waals surface area contributed by atoms with Gasteiger partial charge in [0.25, 0.3) is 0 Å². The number of ether oxygens (including phenoxy) is 1. The smallest absolute Gasteiger partial charge is 0.303 e. The first-order valence-corrected chi connectivity index (χ1v) is 10.2. The molecule has 0 aromatic heterocycles. The van der Waals surface area contributed by atoms with Crippen LogP contribution in [0.1, 0.15) is 53.4 Å². The summed E-state index contributed by atoms with van der Waals surface area (Å²) in [5, 5.41) is 22.3. The Balaban J connectivity index is 1.99. The van der Waals surface area contributed by atoms with Crippen molar-refractivity contribution in [2.24, 2.45) is 34.0 Å². The number of rotatable bonds is 1. The first-order chi connectivity index (χ1) is 12.9. The third-order valence-corrected chi connectivity index (χ3v) is 8.58. The van der Waals surface area contributed by atoms with Crippen LogP contribution in [0.25, 0.3) is 0 Å². The lowest BCUT2D eigenvalue weighted by atomic mass is 9.38. The van der Waals surface area contributed by atoms with Crippen LogP contribution in [-0.2, 0) is 19.1 Å². The minimum Gasteiger partial charge on any atom is -0.454 e. The molecule has 6 nitrogen and oxygen atoms in total. The predicted molar refractivity (Wildman–Crippen MR) is 100.0 cm³/mol. The molecule has 0 radical (unpaired) electrons. The molecule has 0 aliphatic heterocycles. The quantitative estimate of drug-likeness (QED) is 0.402. The van der Waals surface area contributed by atoms with Crippen molar-refractivity contribution < 1.29 is 29.3 Å². The van der Waals surface area contributed by atoms with E-state index >= 15 is 0 Å². The van der Waals surface area contributed by atoms with E-state index in [0.29, 0.717) is 25.7 Å². The highest BCUT2D eigenvalue weighted by molar-refractivity contribution is 6.19. The standard InChI is InChI=1S/C22H30O6/c1-10-12-6-7-13-21(5)14(24)8-9-20(3,4)16(21)15(28-11(2)23)19(27)22(13,17(10)25)18(12)26/h12-16,18,24,26H,1,6-9H2,2-5H3/t12-,13-,14-,15-,16+,18+,21+,22-/m0/s1. The zero-order chi connectivity index (χ0) is 20.8. The van der Waals surface area contributed by atoms with Crippen molar-refractivity contribution in [3.8, 4) is 0 Å². The Hall–Kier alpha value is -1.53. The number of Topliss-reactive ketones (excluding diaryl/α,β-unsaturated/α-hetero) is 2. The fourth-order valence-electron chi connectivity index (χ4n) is 7.47. The Labute approximate surface area is 165 Å². The topological polar surface area (TPSA) is 101 Å². The first-order valence-electron chi connectivity index (χ1n) is 10.2. The molecule has 0 amide bonds. The third kappa shape index (κ3) is 2.03. The van der Waals surface area contributed by atoms with E-state index < -0.39 is 64.4 Å². The van der Waals surface area contributed by atoms with E-state index in [1.807, 2.05) is 20.8 Å². The second-order valence-electron chi connectivity index (χ2n) is 10.2. The summed E-state index contributed by atoms with van der Waals surface area (Å²) < 4.78 is 5.56. The first kappa shape index (κ1) is 19.8. The van der Waals surface area contributed by atoms with Gasteiger partial charge in [-0.3, -0.25) is 14.4 Å². The molecule has 4 fully saturated rings. The number of ketones is 2. The molecular weight excluding hydrogens is 360 g/mol. The Morgan fingerprint density at radius 3 is 2.39 bits per heavy atom. The molecule has 2 bridgehead atoms. The fourth-order valence-corrected chi connectivity index (χ4v) is 7.47. The Morgan fingerprint density at radius 1 is 1.14 bits per heavy atom. The van der Waals surface area contributed by atoms with Crippen LogP contribution >= 0.6 is 0 Å². The van der Waals surface area contributed by atoms with Gasteiger partial charge in [-0.15, -0.1) is 0 Å². The summed E-state index contributed by atoms with van der Waals surface area (Å²) in [7, 11) is 0. The molecule has 4 saturated carbocycles. The molecule has 1 spiro atoms. The van der Waals surface area contributed by atoms with Crippen LogP contribution in [0.3, 0.4) is 0 Å². The number of esters is 1. The van der Waals surface area contributed by atoms with E-state index in [0.717, 1.165) is 0 Å². The van der Waals surface area contributed by atoms with Crippen LogP contribution in [0, 0.1) is 34.0 Å². The minimum absolute atomic E-state index is 0.288. The fraction of sp³-hybridized carbons (Fsp3) is 0.773. The van der Waals surface area contributed by atoms with Crippen molar-refractivity contribution in [3.05, 3.63) is 12.2 Å². The second-order valence-corrected chi connectivity index (χ2v) is 10.2. The zero-order valence-corrected chi connectivity index (χ0v) is 17.0. The number of hydrogen-bond acceptors (Lipinski definition) is 6. The number of hydrogen-bond donors (Lipinski definition) is 2. The number of carbonyl (C=O) groups is 3. The number of aliphatic hydroxyl groups is 2. The van der Waals surface area contributed by atoms with Crippen LogP contribution in [-0.4, -0.2) is 46.1 Å². The van der Waals surface area contributed by atoms with Crippen LogP contribution in [0.4, 0.5) is 0 Å². The van der Waals surface area contributed by atoms with Gasteiger partial charge in [-0.25, -0.2) is 0 Å². The van der Waals surface area contributed by atoms with Gasteiger partial charge in [-0.1, -0.05) is 27.4 Å². The lowest BCUT2D eigenvalue weighted by Gasteiger charge is -2.65. The summed E-state index contributed by atoms with van der Waals surface area (Å²) in [4.78, 5) is 39.1. The summed E-state index contributed by atoms with van der Waals surface area (Å²) in [5.41, 5.74) is -2.58. The summed E-state index contributed by atoms with van der Waals surface area (Å²) in [6.07, 6.45) is -0.722. The van der Waals surface area contributed by atoms with E-state index in [9.17, 15) is 24.6 Å². The number of fused-ring (bicyclic) bond motifs is 3. The molecule has 154 valence electrons. The SMILES string of the molecule is C=C1C(=O)[C@@]23C(=O)[C@@H](OC(C)=O)[C@@H]4C(C)(C)CC[C@H](O)[C@@]4(C)[C@@H]2CC[C@@H]1[C@H]3O. The van der Waals surface area contributed by atoms with Gasteiger partial charge in [0.15, 0.2) is 17.7 Å². The number of carbonyl (C=O) groups excluding carboxylic acids is 3. The van der Waals surface area contributed by atoms with Gasteiger partial charge < -0.3 is 14.9 Å². The average Bonchev–Trinajstić information content (AvgIpc) is 2.71. The average molecular weight is 390 g/mol. The Morgan fingerprint density at radius 2 is 1.79 bits per heavy atom. The summed E-state index contributed by atoms with van der Waals surface area (Å²) in [6, 6.07) is 0. The maximum atomic E-state index is 13.9. The molecule has 4 rings (SSSR count). The van der Waals surface area contributed by atoms with Crippen molar-refractivity contribution in [2.45, 2.75) is 71.7 Å². The van der Waals surface area contributed by atoms with E-state index in [1.54, 1.807) is 0 Å². The van der Waals surface area contributed by atoms with Crippen LogP contribution in [0.15, 0.2) is 12.2 Å². The van der Waals surface area contributed by atoms with Gasteiger partial charge in [0.2, 0.25) is 0 Å². The van der Waals surface area contributed by atoms with Crippen molar-refractivity contribution in [2.75, 3.05) is 0 Å². The van der Waals surface area contributed by atoms with Gasteiger partial charge in [0.1, 0.15) is 5.41 Å². The molecule has 0 aromatic rings. The van der Waals surface area contributed by atoms with Gasteiger partial charge in [0, 0.05) is 24.2 Å². The maximum absolute atomic E-state index is 13.9. The molecule has 4 aliphatic carbocycles. The predicted octanol–water partition coefficient (Wildman–Crippen LogP) is 1.82. The molecule has 0 unspecified atom stereocenters. The molecule has 0 saturated heterocycles. The number of aliphatic hydroxyl groups excluding tert-OH is 2. The molecule has 0 heterocycles. The molecule has 6 heteroatoms. The van der Waals surface area contributed by atoms with E-state index in [-0.39, 0.29) is 11.0 Å². The summed E-state index contributed by atoms with van der Waals surface area (Å²) >= 11 is 0. The maximum Gasteiger partial charge on any atom is 0.303 e. The van der Waals surface area contributed by atoms with E-state index in [4.69, 9.17) is 4.74 Å². The molecule has 4 aliphatic rings. The highest BCUT2D eigenvalue weighted by Crippen LogP contribution is 2.70. The normalized spacial score (nSPS) is 49.4. The van der Waals surface area contributed by atoms with Crippen LogP contribution < -0.4 is 0 Å². The lowest BCUT2D eigenvalue weighted by Crippen LogP contribution is -2.73. The molecule has 28 heavy (non-hydrogen) atoms. The van der Waals surface area contributed by atoms with Gasteiger partial charge in [0.05, 0.1) is 12.2 Å². The van der Waals surface area contributed by atoms with Crippen LogP contribution in [0.2, 0.25) is 0 Å². The monoisotopic (exact) mass is 390 g/mol. The molecule has 0 aromatic carbocycles. The van der Waals surface area contributed by atoms with Gasteiger partial charge >= 0.3 is 5.97 Å². The molecule has 8 atom stereocenters. The zero-order valence-electron chi connectivity index (χ0n) is 17.0. The largest absolute Gasteiger partial charge is 0.454 e. The van der Waals surface area contributed by atoms with Crippen molar-refractivity contribution in [3.63, 3.8) is 0 Å². The van der Waals surface area contributed by atoms with Crippen LogP contribution in [0.5, 0.6) is 0 Å². The van der Waals surface area contributed by atoms with Crippen molar-refractivity contribution in [1.82, 2.24) is 0 Å². The molecule has 2 N–H and O–H groups in total. The van der Waals surface area contributed by atoms with Crippen molar-refractivity contribution >= 4 is 17.5 Å². The Bertz CT molecular complexity index is 784. The van der Waals surface area contributed by atoms with Gasteiger partial charge in [-0.2, -0.15) is 0 Å². The third-order valence-electron chi connectivity index (χ3n) is 8.58. The van der Waals surface area contributed by atoms with Crippen molar-refractivity contribution in [1.29, 1.82) is 0 Å². The van der Waals surface area contributed by atoms with E-state index in [1.165, 1.54) is 6.92 Å². The van der Waals surface area contributed by atoms with E-state index in [2.05, 4.69) is 6.58 Å². The highest BCUT2D eigenvalue weighted by atomic mass is 16.5. The second kappa shape index (κ2) is 5.76. The lowest BCUT2D eigenvalue weighted by molar-refractivity contribution is -0.242.